The smallest absolute Gasteiger partial charge is 0.423 e. The summed E-state index contributed by atoms with van der Waals surface area (Å²) in [5.74, 6) is 3.17. The Morgan fingerprint density at radius 3 is 1.05 bits per heavy atom. The number of fused-ring (bicyclic) bond motifs is 6. The topological polar surface area (TPSA) is 118 Å². The van der Waals surface area contributed by atoms with Gasteiger partial charge in [-0.15, -0.1) is 22.7 Å². The molecule has 0 spiro atoms. The molecule has 0 aliphatic heterocycles. The maximum atomic E-state index is 9.38. The molecule has 8 nitrogen and oxygen atoms in total. The van der Waals surface area contributed by atoms with Crippen LogP contribution in [0.5, 0.6) is 0 Å². The molecule has 78 heavy (non-hydrogen) atoms. The Morgan fingerprint density at radius 1 is 0.295 bits per heavy atom. The summed E-state index contributed by atoms with van der Waals surface area (Å²) in [5, 5.41) is 24.1. The molecule has 2 N–H and O–H groups in total. The number of benzene rings is 10. The highest BCUT2D eigenvalue weighted by atomic mass is 35.5. The zero-order valence-electron chi connectivity index (χ0n) is 41.6. The van der Waals surface area contributed by atoms with Gasteiger partial charge in [0.05, 0.1) is 0 Å². The Hall–Kier alpha value is -9.07. The first-order chi connectivity index (χ1) is 38.4. The SMILES string of the molecule is Clc1nc(-c2ccccc2)nc(-c2ccccc2)n1.OB(O)c1cccc(-c2cccc3c2sc2ccccc23)c1.c1ccc(-c2nc(-c3ccccc3)nc(-c3cccc(-c4cccc5c4sc4ccccc45)c3)n2)cc1. The summed E-state index contributed by atoms with van der Waals surface area (Å²) in [6.45, 7) is 0. The predicted molar refractivity (Wildman–Crippen MR) is 325 cm³/mol. The van der Waals surface area contributed by atoms with E-state index < -0.39 is 7.12 Å². The van der Waals surface area contributed by atoms with Gasteiger partial charge in [-0.1, -0.05) is 237 Å². The van der Waals surface area contributed by atoms with Gasteiger partial charge in [-0.2, -0.15) is 9.97 Å². The molecule has 14 aromatic rings. The first-order valence-electron chi connectivity index (χ1n) is 25.2. The fraction of sp³-hybridized carbons (Fsp3) is 0. The van der Waals surface area contributed by atoms with E-state index in [-0.39, 0.29) is 5.28 Å². The van der Waals surface area contributed by atoms with Gasteiger partial charge < -0.3 is 10.0 Å². The standard InChI is InChI=1S/C33H21N3S.C18H13BO2S.C15H10ClN3/c1-3-11-22(12-4-1)31-34-32(23-13-5-2-6-14-23)36-33(35-31)25-16-9-15-24(21-25)26-18-10-19-28-27-17-7-8-20-29(27)37-30(26)28;20-19(21)13-6-3-5-12(11-13)14-8-4-9-16-15-7-1-2-10-17(15)22-18(14)16;16-15-18-13(11-7-3-1-4-8-11)17-14(19-15)12-9-5-2-6-10-12/h1-21H;1-11,20-21H;1-10H. The van der Waals surface area contributed by atoms with Gasteiger partial charge >= 0.3 is 7.12 Å². The van der Waals surface area contributed by atoms with Crippen molar-refractivity contribution in [2.45, 2.75) is 0 Å². The number of thiophene rings is 2. The van der Waals surface area contributed by atoms with E-state index >= 15 is 0 Å². The molecule has 4 aromatic heterocycles. The summed E-state index contributed by atoms with van der Waals surface area (Å²) in [5.41, 5.74) is 9.75. The van der Waals surface area contributed by atoms with Crippen molar-refractivity contribution in [1.29, 1.82) is 0 Å². The van der Waals surface area contributed by atoms with E-state index in [0.29, 0.717) is 34.6 Å². The van der Waals surface area contributed by atoms with Crippen molar-refractivity contribution in [3.8, 4) is 79.2 Å². The maximum Gasteiger partial charge on any atom is 0.488 e. The van der Waals surface area contributed by atoms with Crippen molar-refractivity contribution in [2.75, 3.05) is 0 Å². The van der Waals surface area contributed by atoms with Crippen molar-refractivity contribution in [2.24, 2.45) is 0 Å². The summed E-state index contributed by atoms with van der Waals surface area (Å²) in [4.78, 5) is 27.5. The van der Waals surface area contributed by atoms with Crippen LogP contribution in [0, 0.1) is 0 Å². The van der Waals surface area contributed by atoms with Gasteiger partial charge in [-0.05, 0) is 57.5 Å². The van der Waals surface area contributed by atoms with Crippen LogP contribution in [0.3, 0.4) is 0 Å². The second-order valence-electron chi connectivity index (χ2n) is 18.2. The quantitative estimate of drug-likeness (QED) is 0.145. The van der Waals surface area contributed by atoms with E-state index in [1.165, 1.54) is 45.9 Å². The molecule has 0 aliphatic carbocycles. The Labute approximate surface area is 463 Å². The lowest BCUT2D eigenvalue weighted by atomic mass is 9.79. The van der Waals surface area contributed by atoms with Crippen LogP contribution in [0.2, 0.25) is 5.28 Å². The van der Waals surface area contributed by atoms with Crippen LogP contribution in [0.1, 0.15) is 0 Å². The van der Waals surface area contributed by atoms with Gasteiger partial charge in [0.1, 0.15) is 0 Å². The number of aromatic nitrogens is 6. The molecule has 10 aromatic carbocycles. The fourth-order valence-electron chi connectivity index (χ4n) is 9.36. The average molecular weight is 1060 g/mol. The summed E-state index contributed by atoms with van der Waals surface area (Å²) >= 11 is 9.60. The Bertz CT molecular complexity index is 4280. The molecular weight excluding hydrogens is 1020 g/mol. The third-order valence-corrected chi connectivity index (χ3v) is 15.7. The molecule has 4 heterocycles. The largest absolute Gasteiger partial charge is 0.488 e. The summed E-state index contributed by atoms with van der Waals surface area (Å²) in [7, 11) is -1.44. The highest BCUT2D eigenvalue weighted by Gasteiger charge is 2.17. The van der Waals surface area contributed by atoms with E-state index in [1.54, 1.807) is 17.4 Å². The van der Waals surface area contributed by atoms with Crippen LogP contribution >= 0.6 is 34.3 Å². The minimum Gasteiger partial charge on any atom is -0.423 e. The van der Waals surface area contributed by atoms with Crippen molar-refractivity contribution in [1.82, 2.24) is 29.9 Å². The van der Waals surface area contributed by atoms with Crippen LogP contribution in [0.15, 0.2) is 255 Å². The lowest BCUT2D eigenvalue weighted by molar-refractivity contribution is 0.426. The number of hydrogen-bond acceptors (Lipinski definition) is 10. The maximum absolute atomic E-state index is 9.38. The molecule has 0 saturated heterocycles. The lowest BCUT2D eigenvalue weighted by Gasteiger charge is -2.10. The first-order valence-corrected chi connectivity index (χ1v) is 27.2. The lowest BCUT2D eigenvalue weighted by Crippen LogP contribution is -2.29. The van der Waals surface area contributed by atoms with E-state index in [9.17, 15) is 10.0 Å². The monoisotopic (exact) mass is 1060 g/mol. The van der Waals surface area contributed by atoms with E-state index in [4.69, 9.17) is 26.6 Å². The minimum absolute atomic E-state index is 0.202. The molecule has 14 rings (SSSR count). The Morgan fingerprint density at radius 2 is 0.615 bits per heavy atom. The van der Waals surface area contributed by atoms with Crippen LogP contribution < -0.4 is 5.46 Å². The molecule has 0 bridgehead atoms. The highest BCUT2D eigenvalue weighted by Crippen LogP contribution is 2.42. The Kier molecular flexibility index (Phi) is 14.5. The van der Waals surface area contributed by atoms with Gasteiger partial charge in [-0.3, -0.25) is 0 Å². The van der Waals surface area contributed by atoms with E-state index in [1.807, 2.05) is 151 Å². The van der Waals surface area contributed by atoms with E-state index in [0.717, 1.165) is 44.5 Å². The van der Waals surface area contributed by atoms with Crippen LogP contribution in [0.4, 0.5) is 0 Å². The third kappa shape index (κ3) is 10.7. The van der Waals surface area contributed by atoms with Crippen molar-refractivity contribution >= 4 is 87.2 Å². The van der Waals surface area contributed by atoms with Gasteiger partial charge in [0.2, 0.25) is 5.28 Å². The summed E-state index contributed by atoms with van der Waals surface area (Å²) < 4.78 is 5.10. The van der Waals surface area contributed by atoms with Gasteiger partial charge in [0.25, 0.3) is 0 Å². The number of hydrogen-bond donors (Lipinski definition) is 2. The third-order valence-electron chi connectivity index (χ3n) is 13.1. The van der Waals surface area contributed by atoms with Crippen LogP contribution in [0.25, 0.3) is 120 Å². The second-order valence-corrected chi connectivity index (χ2v) is 20.6. The Balaban J connectivity index is 0.000000127. The fourth-order valence-corrected chi connectivity index (χ4v) is 12.0. The molecule has 0 radical (unpaired) electrons. The predicted octanol–water partition coefficient (Wildman–Crippen LogP) is 16.2. The minimum atomic E-state index is -1.44. The summed E-state index contributed by atoms with van der Waals surface area (Å²) in [6, 6.07) is 85.4. The molecule has 372 valence electrons. The van der Waals surface area contributed by atoms with E-state index in [2.05, 4.69) is 124 Å². The van der Waals surface area contributed by atoms with Gasteiger partial charge in [0.15, 0.2) is 29.1 Å². The number of rotatable bonds is 8. The molecule has 0 saturated carbocycles. The first kappa shape index (κ1) is 49.8. The van der Waals surface area contributed by atoms with Crippen LogP contribution in [-0.2, 0) is 0 Å². The number of nitrogens with zero attached hydrogens (tertiary/aromatic N) is 6. The van der Waals surface area contributed by atoms with Crippen LogP contribution in [-0.4, -0.2) is 47.1 Å². The molecular formula is C66H44BClN6O2S2. The summed E-state index contributed by atoms with van der Waals surface area (Å²) in [6.07, 6.45) is 0. The van der Waals surface area contributed by atoms with Gasteiger partial charge in [-0.25, -0.2) is 19.9 Å². The molecule has 12 heteroatoms. The molecule has 0 fully saturated rings. The average Bonchev–Trinajstić information content (AvgIpc) is 4.11. The van der Waals surface area contributed by atoms with Crippen molar-refractivity contribution < 1.29 is 10.0 Å². The molecule has 0 amide bonds. The zero-order valence-corrected chi connectivity index (χ0v) is 44.0. The molecule has 0 aliphatic rings. The second kappa shape index (κ2) is 22.6. The molecule has 0 unspecified atom stereocenters. The zero-order chi connectivity index (χ0) is 52.8. The number of halogens is 1. The van der Waals surface area contributed by atoms with Crippen molar-refractivity contribution in [3.05, 3.63) is 260 Å². The normalized spacial score (nSPS) is 11.0. The van der Waals surface area contributed by atoms with Gasteiger partial charge in [0, 0.05) is 68.2 Å². The van der Waals surface area contributed by atoms with Crippen molar-refractivity contribution in [3.63, 3.8) is 0 Å². The highest BCUT2D eigenvalue weighted by molar-refractivity contribution is 7.26. The molecule has 0 atom stereocenters.